The second-order valence-corrected chi connectivity index (χ2v) is 6.34. The topological polar surface area (TPSA) is 39.1 Å². The molecule has 1 N–H and O–H groups in total. The van der Waals surface area contributed by atoms with Crippen LogP contribution in [0.2, 0.25) is 0 Å². The summed E-state index contributed by atoms with van der Waals surface area (Å²) in [7, 11) is 0. The average Bonchev–Trinajstić information content (AvgIpc) is 3.17. The van der Waals surface area contributed by atoms with E-state index in [1.807, 2.05) is 0 Å². The molecular formula is C15H27N3. The number of nitrogens with one attached hydrogen (secondary N) is 1. The number of hydrogen-bond donors (Lipinski definition) is 1. The number of nitrogens with zero attached hydrogens (tertiary/aromatic N) is 2. The lowest BCUT2D eigenvalue weighted by Crippen LogP contribution is -2.51. The maximum Gasteiger partial charge on any atom is 0.116 e. The zero-order chi connectivity index (χ0) is 13.0. The molecule has 0 radical (unpaired) electrons. The van der Waals surface area contributed by atoms with Crippen molar-refractivity contribution in [3.05, 3.63) is 0 Å². The molecule has 1 aliphatic heterocycles. The minimum atomic E-state index is -0.354. The average molecular weight is 249 g/mol. The maximum absolute atomic E-state index is 9.42. The molecule has 0 aromatic rings. The summed E-state index contributed by atoms with van der Waals surface area (Å²) in [5.41, 5.74) is -0.354. The Morgan fingerprint density at radius 2 is 2.06 bits per heavy atom. The second kappa shape index (κ2) is 6.04. The van der Waals surface area contributed by atoms with Crippen LogP contribution in [0.15, 0.2) is 0 Å². The van der Waals surface area contributed by atoms with Gasteiger partial charge < -0.3 is 4.90 Å². The summed E-state index contributed by atoms with van der Waals surface area (Å²) >= 11 is 0. The molecule has 2 aliphatic rings. The minimum Gasteiger partial charge on any atom is -0.300 e. The smallest absolute Gasteiger partial charge is 0.116 e. The first-order valence-electron chi connectivity index (χ1n) is 7.56. The second-order valence-electron chi connectivity index (χ2n) is 6.34. The lowest BCUT2D eigenvalue weighted by Gasteiger charge is -2.30. The van der Waals surface area contributed by atoms with E-state index in [1.54, 1.807) is 0 Å². The predicted molar refractivity (Wildman–Crippen MR) is 74.2 cm³/mol. The summed E-state index contributed by atoms with van der Waals surface area (Å²) in [6.45, 7) is 7.58. The third-order valence-electron chi connectivity index (χ3n) is 4.40. The van der Waals surface area contributed by atoms with E-state index in [2.05, 4.69) is 30.1 Å². The van der Waals surface area contributed by atoms with E-state index >= 15 is 0 Å². The fourth-order valence-corrected chi connectivity index (χ4v) is 3.03. The Morgan fingerprint density at radius 3 is 2.67 bits per heavy atom. The van der Waals surface area contributed by atoms with Crippen LogP contribution in [0.4, 0.5) is 0 Å². The van der Waals surface area contributed by atoms with Crippen molar-refractivity contribution in [3.8, 4) is 6.07 Å². The van der Waals surface area contributed by atoms with Crippen LogP contribution in [-0.2, 0) is 0 Å². The molecule has 1 heterocycles. The zero-order valence-electron chi connectivity index (χ0n) is 11.9. The predicted octanol–water partition coefficient (Wildman–Crippen LogP) is 2.53. The summed E-state index contributed by atoms with van der Waals surface area (Å²) in [4.78, 5) is 2.49. The molecule has 18 heavy (non-hydrogen) atoms. The van der Waals surface area contributed by atoms with Gasteiger partial charge in [-0.1, -0.05) is 13.3 Å². The normalized spacial score (nSPS) is 29.3. The Hall–Kier alpha value is -0.590. The first-order chi connectivity index (χ1) is 8.65. The van der Waals surface area contributed by atoms with Gasteiger partial charge in [0.1, 0.15) is 5.54 Å². The number of likely N-dealkylation sites (tertiary alicyclic amines) is 1. The van der Waals surface area contributed by atoms with Gasteiger partial charge in [-0.2, -0.15) is 5.26 Å². The van der Waals surface area contributed by atoms with Crippen LogP contribution < -0.4 is 5.32 Å². The summed E-state index contributed by atoms with van der Waals surface area (Å²) < 4.78 is 0. The van der Waals surface area contributed by atoms with Gasteiger partial charge in [-0.15, -0.1) is 0 Å². The van der Waals surface area contributed by atoms with Crippen LogP contribution in [0.25, 0.3) is 0 Å². The van der Waals surface area contributed by atoms with Gasteiger partial charge in [-0.3, -0.25) is 5.32 Å². The Balaban J connectivity index is 1.84. The van der Waals surface area contributed by atoms with Crippen molar-refractivity contribution < 1.29 is 0 Å². The van der Waals surface area contributed by atoms with E-state index in [4.69, 9.17) is 0 Å². The molecule has 2 atom stereocenters. The molecule has 2 fully saturated rings. The van der Waals surface area contributed by atoms with Crippen LogP contribution in [0.3, 0.4) is 0 Å². The van der Waals surface area contributed by atoms with Crippen molar-refractivity contribution in [3.63, 3.8) is 0 Å². The third-order valence-corrected chi connectivity index (χ3v) is 4.40. The van der Waals surface area contributed by atoms with E-state index in [-0.39, 0.29) is 5.54 Å². The molecule has 3 nitrogen and oxygen atoms in total. The van der Waals surface area contributed by atoms with Gasteiger partial charge in [0.2, 0.25) is 0 Å². The van der Waals surface area contributed by atoms with Gasteiger partial charge in [0.05, 0.1) is 6.07 Å². The highest BCUT2D eigenvalue weighted by molar-refractivity contribution is 5.09. The van der Waals surface area contributed by atoms with Crippen LogP contribution >= 0.6 is 0 Å². The Bertz CT molecular complexity index is 305. The van der Waals surface area contributed by atoms with Crippen LogP contribution in [0.1, 0.15) is 52.4 Å². The highest BCUT2D eigenvalue weighted by atomic mass is 15.2. The molecule has 2 rings (SSSR count). The summed E-state index contributed by atoms with van der Waals surface area (Å²) in [6, 6.07) is 3.09. The highest BCUT2D eigenvalue weighted by Crippen LogP contribution is 2.24. The molecule has 1 saturated carbocycles. The molecule has 1 saturated heterocycles. The van der Waals surface area contributed by atoms with Gasteiger partial charge in [0.25, 0.3) is 0 Å². The van der Waals surface area contributed by atoms with Gasteiger partial charge in [-0.05, 0) is 58.0 Å². The summed E-state index contributed by atoms with van der Waals surface area (Å²) in [6.07, 6.45) is 7.77. The standard InChI is InChI=1S/C15H27N3/c1-3-13-5-4-9-18(10-8-13)12-15(2,11-16)17-14-6-7-14/h13-14,17H,3-10,12H2,1-2H3. The van der Waals surface area contributed by atoms with Gasteiger partial charge in [-0.25, -0.2) is 0 Å². The third kappa shape index (κ3) is 3.96. The molecule has 0 bridgehead atoms. The molecule has 2 unspecified atom stereocenters. The lowest BCUT2D eigenvalue weighted by molar-refractivity contribution is 0.223. The van der Waals surface area contributed by atoms with Crippen molar-refractivity contribution in [2.45, 2.75) is 64.0 Å². The molecule has 3 heteroatoms. The van der Waals surface area contributed by atoms with E-state index in [1.165, 1.54) is 51.6 Å². The number of nitriles is 1. The van der Waals surface area contributed by atoms with Crippen LogP contribution in [-0.4, -0.2) is 36.1 Å². The molecular weight excluding hydrogens is 222 g/mol. The van der Waals surface area contributed by atoms with Crippen molar-refractivity contribution in [2.24, 2.45) is 5.92 Å². The minimum absolute atomic E-state index is 0.354. The SMILES string of the molecule is CCC1CCCN(CC(C)(C#N)NC2CC2)CC1. The van der Waals surface area contributed by atoms with E-state index in [0.29, 0.717) is 6.04 Å². The molecule has 0 aromatic carbocycles. The van der Waals surface area contributed by atoms with Gasteiger partial charge >= 0.3 is 0 Å². The summed E-state index contributed by atoms with van der Waals surface area (Å²) in [5.74, 6) is 0.903. The fraction of sp³-hybridized carbons (Fsp3) is 0.933. The van der Waals surface area contributed by atoms with E-state index in [9.17, 15) is 5.26 Å². The zero-order valence-corrected chi connectivity index (χ0v) is 11.9. The highest BCUT2D eigenvalue weighted by Gasteiger charge is 2.34. The quantitative estimate of drug-likeness (QED) is 0.814. The molecule has 1 aliphatic carbocycles. The van der Waals surface area contributed by atoms with Crippen LogP contribution in [0.5, 0.6) is 0 Å². The molecule has 0 amide bonds. The Morgan fingerprint density at radius 1 is 1.28 bits per heavy atom. The lowest BCUT2D eigenvalue weighted by atomic mass is 9.98. The van der Waals surface area contributed by atoms with Crippen molar-refractivity contribution in [2.75, 3.05) is 19.6 Å². The van der Waals surface area contributed by atoms with E-state index < -0.39 is 0 Å². The van der Waals surface area contributed by atoms with Crippen molar-refractivity contribution in [1.82, 2.24) is 10.2 Å². The van der Waals surface area contributed by atoms with Crippen LogP contribution in [0, 0.1) is 17.2 Å². The number of rotatable bonds is 5. The fourth-order valence-electron chi connectivity index (χ4n) is 3.03. The Labute approximate surface area is 112 Å². The molecule has 0 spiro atoms. The first-order valence-corrected chi connectivity index (χ1v) is 7.56. The van der Waals surface area contributed by atoms with Gasteiger partial charge in [0.15, 0.2) is 0 Å². The maximum atomic E-state index is 9.42. The van der Waals surface area contributed by atoms with Gasteiger partial charge in [0, 0.05) is 12.6 Å². The largest absolute Gasteiger partial charge is 0.300 e. The molecule has 0 aromatic heterocycles. The van der Waals surface area contributed by atoms with E-state index in [0.717, 1.165) is 12.5 Å². The first kappa shape index (κ1) is 13.8. The van der Waals surface area contributed by atoms with Crippen molar-refractivity contribution in [1.29, 1.82) is 5.26 Å². The molecule has 102 valence electrons. The number of hydrogen-bond acceptors (Lipinski definition) is 3. The van der Waals surface area contributed by atoms with Crippen molar-refractivity contribution >= 4 is 0 Å². The Kier molecular flexibility index (Phi) is 4.64. The summed E-state index contributed by atoms with van der Waals surface area (Å²) in [5, 5.41) is 12.9. The monoisotopic (exact) mass is 249 g/mol.